The summed E-state index contributed by atoms with van der Waals surface area (Å²) >= 11 is 0. The summed E-state index contributed by atoms with van der Waals surface area (Å²) in [4.78, 5) is 10.3. The molecule has 2 rings (SSSR count). The summed E-state index contributed by atoms with van der Waals surface area (Å²) in [5.74, 6) is 0.140. The number of aliphatic carboxylic acids is 1. The Balaban J connectivity index is 2.36. The van der Waals surface area contributed by atoms with E-state index in [1.165, 1.54) is 6.08 Å². The second-order valence-electron chi connectivity index (χ2n) is 3.01. The van der Waals surface area contributed by atoms with Crippen molar-refractivity contribution in [1.82, 2.24) is 0 Å². The number of carboxylic acid groups (broad SMARTS) is 1. The smallest absolute Gasteiger partial charge is 0.328 e. The number of hydrogen-bond acceptors (Lipinski definition) is 4. The van der Waals surface area contributed by atoms with Gasteiger partial charge in [0.15, 0.2) is 11.5 Å². The van der Waals surface area contributed by atoms with E-state index in [4.69, 9.17) is 20.3 Å². The first kappa shape index (κ1) is 9.39. The van der Waals surface area contributed by atoms with E-state index in [2.05, 4.69) is 0 Å². The maximum Gasteiger partial charge on any atom is 0.328 e. The number of hydrogen-bond donors (Lipinski definition) is 2. The molecule has 15 heavy (non-hydrogen) atoms. The van der Waals surface area contributed by atoms with Gasteiger partial charge < -0.3 is 20.3 Å². The Labute approximate surface area is 85.7 Å². The van der Waals surface area contributed by atoms with Crippen molar-refractivity contribution in [3.05, 3.63) is 23.8 Å². The van der Waals surface area contributed by atoms with Crippen LogP contribution in [0.25, 0.3) is 6.08 Å². The summed E-state index contributed by atoms with van der Waals surface area (Å²) in [6.07, 6.45) is 2.44. The molecule has 1 aliphatic heterocycles. The molecule has 3 N–H and O–H groups in total. The van der Waals surface area contributed by atoms with Gasteiger partial charge in [0.1, 0.15) is 0 Å². The van der Waals surface area contributed by atoms with Crippen LogP contribution in [-0.2, 0) is 4.79 Å². The Morgan fingerprint density at radius 1 is 1.40 bits per heavy atom. The molecule has 1 aliphatic rings. The van der Waals surface area contributed by atoms with E-state index in [1.54, 1.807) is 12.1 Å². The molecule has 0 aromatic heterocycles. The molecule has 5 heteroatoms. The summed E-state index contributed by atoms with van der Waals surface area (Å²) in [5.41, 5.74) is 6.75. The average molecular weight is 207 g/mol. The second kappa shape index (κ2) is 3.53. The number of carboxylic acids is 1. The first-order valence-corrected chi connectivity index (χ1v) is 4.27. The Kier molecular flexibility index (Phi) is 2.21. The van der Waals surface area contributed by atoms with Gasteiger partial charge >= 0.3 is 5.97 Å². The molecule has 1 heterocycles. The van der Waals surface area contributed by atoms with Crippen LogP contribution in [0.2, 0.25) is 0 Å². The van der Waals surface area contributed by atoms with E-state index in [0.717, 1.165) is 6.08 Å². The van der Waals surface area contributed by atoms with E-state index in [0.29, 0.717) is 22.7 Å². The molecule has 5 nitrogen and oxygen atoms in total. The first-order valence-electron chi connectivity index (χ1n) is 4.27. The number of rotatable bonds is 2. The van der Waals surface area contributed by atoms with Crippen LogP contribution in [0.15, 0.2) is 18.2 Å². The summed E-state index contributed by atoms with van der Waals surface area (Å²) in [6.45, 7) is 0.168. The van der Waals surface area contributed by atoms with Crippen LogP contribution < -0.4 is 15.2 Å². The fourth-order valence-electron chi connectivity index (χ4n) is 1.28. The van der Waals surface area contributed by atoms with E-state index in [1.807, 2.05) is 0 Å². The third-order valence-corrected chi connectivity index (χ3v) is 1.98. The zero-order valence-electron chi connectivity index (χ0n) is 7.77. The predicted molar refractivity (Wildman–Crippen MR) is 53.6 cm³/mol. The Bertz CT molecular complexity index is 439. The fourth-order valence-corrected chi connectivity index (χ4v) is 1.28. The number of fused-ring (bicyclic) bond motifs is 1. The number of benzene rings is 1. The van der Waals surface area contributed by atoms with Crippen LogP contribution >= 0.6 is 0 Å². The van der Waals surface area contributed by atoms with E-state index >= 15 is 0 Å². The molecule has 0 fully saturated rings. The van der Waals surface area contributed by atoms with Crippen LogP contribution in [0.5, 0.6) is 11.5 Å². The molecule has 0 bridgehead atoms. The third kappa shape index (κ3) is 1.85. The van der Waals surface area contributed by atoms with Crippen molar-refractivity contribution >= 4 is 17.7 Å². The van der Waals surface area contributed by atoms with E-state index in [9.17, 15) is 4.79 Å². The van der Waals surface area contributed by atoms with Crippen molar-refractivity contribution in [3.63, 3.8) is 0 Å². The lowest BCUT2D eigenvalue weighted by molar-refractivity contribution is -0.131. The molecule has 0 amide bonds. The molecular weight excluding hydrogens is 198 g/mol. The van der Waals surface area contributed by atoms with E-state index in [-0.39, 0.29) is 6.79 Å². The van der Waals surface area contributed by atoms with Crippen LogP contribution in [0, 0.1) is 0 Å². The normalized spacial score (nSPS) is 13.3. The van der Waals surface area contributed by atoms with Gasteiger partial charge in [-0.1, -0.05) is 0 Å². The molecule has 1 aromatic rings. The number of anilines is 1. The van der Waals surface area contributed by atoms with Gasteiger partial charge in [0.2, 0.25) is 6.79 Å². The average Bonchev–Trinajstić information content (AvgIpc) is 2.60. The number of nitrogens with two attached hydrogens (primary N) is 1. The fraction of sp³-hybridized carbons (Fsp3) is 0.100. The van der Waals surface area contributed by atoms with Crippen molar-refractivity contribution in [2.24, 2.45) is 0 Å². The lowest BCUT2D eigenvalue weighted by Gasteiger charge is -2.02. The summed E-state index contributed by atoms with van der Waals surface area (Å²) in [5, 5.41) is 8.48. The Morgan fingerprint density at radius 2 is 2.07 bits per heavy atom. The van der Waals surface area contributed by atoms with Gasteiger partial charge in [-0.2, -0.15) is 0 Å². The maximum atomic E-state index is 10.3. The van der Waals surface area contributed by atoms with Gasteiger partial charge in [0.05, 0.1) is 0 Å². The van der Waals surface area contributed by atoms with Crippen LogP contribution in [0.1, 0.15) is 5.56 Å². The highest BCUT2D eigenvalue weighted by atomic mass is 16.7. The molecular formula is C10H9NO4. The van der Waals surface area contributed by atoms with Gasteiger partial charge in [-0.3, -0.25) is 0 Å². The highest BCUT2D eigenvalue weighted by Gasteiger charge is 2.14. The molecule has 78 valence electrons. The highest BCUT2D eigenvalue weighted by Crippen LogP contribution is 2.36. The molecule has 0 saturated carbocycles. The zero-order chi connectivity index (χ0) is 10.8. The van der Waals surface area contributed by atoms with Gasteiger partial charge in [-0.25, -0.2) is 4.79 Å². The summed E-state index contributed by atoms with van der Waals surface area (Å²) in [7, 11) is 0. The highest BCUT2D eigenvalue weighted by molar-refractivity contribution is 5.87. The number of carbonyl (C=O) groups is 1. The lowest BCUT2D eigenvalue weighted by Crippen LogP contribution is -1.92. The van der Waals surface area contributed by atoms with Gasteiger partial charge in [0, 0.05) is 23.4 Å². The summed E-state index contributed by atoms with van der Waals surface area (Å²) in [6, 6.07) is 3.26. The predicted octanol–water partition coefficient (Wildman–Crippen LogP) is 1.10. The van der Waals surface area contributed by atoms with Crippen molar-refractivity contribution < 1.29 is 19.4 Å². The number of nitrogen functional groups attached to an aromatic ring is 1. The maximum absolute atomic E-state index is 10.3. The summed E-state index contributed by atoms with van der Waals surface area (Å²) < 4.78 is 10.3. The van der Waals surface area contributed by atoms with Crippen molar-refractivity contribution in [2.45, 2.75) is 0 Å². The van der Waals surface area contributed by atoms with Crippen molar-refractivity contribution in [2.75, 3.05) is 12.5 Å². The third-order valence-electron chi connectivity index (χ3n) is 1.98. The van der Waals surface area contributed by atoms with Gasteiger partial charge in [-0.05, 0) is 12.1 Å². The minimum absolute atomic E-state index is 0.168. The van der Waals surface area contributed by atoms with Crippen LogP contribution in [0.4, 0.5) is 5.69 Å². The van der Waals surface area contributed by atoms with Gasteiger partial charge in [0.25, 0.3) is 0 Å². The molecule has 0 unspecified atom stereocenters. The Hall–Kier alpha value is -2.17. The zero-order valence-corrected chi connectivity index (χ0v) is 7.77. The standard InChI is InChI=1S/C10H9NO4/c11-7-4-9-8(14-5-15-9)3-6(7)1-2-10(12)13/h1-4H,5,11H2,(H,12,13). The molecule has 0 atom stereocenters. The molecule has 0 aliphatic carbocycles. The SMILES string of the molecule is Nc1cc2c(cc1C=CC(=O)O)OCO2. The quantitative estimate of drug-likeness (QED) is 0.560. The lowest BCUT2D eigenvalue weighted by atomic mass is 10.1. The Morgan fingerprint density at radius 3 is 2.73 bits per heavy atom. The molecule has 0 spiro atoms. The topological polar surface area (TPSA) is 81.8 Å². The molecule has 1 aromatic carbocycles. The van der Waals surface area contributed by atoms with Crippen molar-refractivity contribution in [3.8, 4) is 11.5 Å². The van der Waals surface area contributed by atoms with E-state index < -0.39 is 5.97 Å². The van der Waals surface area contributed by atoms with Crippen LogP contribution in [-0.4, -0.2) is 17.9 Å². The van der Waals surface area contributed by atoms with Gasteiger partial charge in [-0.15, -0.1) is 0 Å². The minimum atomic E-state index is -1.02. The molecule has 0 radical (unpaired) electrons. The first-order chi connectivity index (χ1) is 7.16. The molecule has 0 saturated heterocycles. The number of ether oxygens (including phenoxy) is 2. The monoisotopic (exact) mass is 207 g/mol. The second-order valence-corrected chi connectivity index (χ2v) is 3.01. The van der Waals surface area contributed by atoms with Crippen LogP contribution in [0.3, 0.4) is 0 Å². The minimum Gasteiger partial charge on any atom is -0.478 e. The largest absolute Gasteiger partial charge is 0.478 e. The van der Waals surface area contributed by atoms with Crippen molar-refractivity contribution in [1.29, 1.82) is 0 Å².